The van der Waals surface area contributed by atoms with Crippen LogP contribution in [0.4, 0.5) is 5.69 Å². The molecule has 0 saturated carbocycles. The molecule has 0 bridgehead atoms. The molecule has 2 rings (SSSR count). The van der Waals surface area contributed by atoms with E-state index < -0.39 is 15.9 Å². The number of hydrogen-bond acceptors (Lipinski definition) is 5. The first-order valence-electron chi connectivity index (χ1n) is 6.30. The van der Waals surface area contributed by atoms with E-state index >= 15 is 0 Å². The van der Waals surface area contributed by atoms with Gasteiger partial charge in [-0.3, -0.25) is 4.79 Å². The van der Waals surface area contributed by atoms with Gasteiger partial charge in [-0.1, -0.05) is 0 Å². The molecule has 0 N–H and O–H groups in total. The Morgan fingerprint density at radius 1 is 1.29 bits per heavy atom. The van der Waals surface area contributed by atoms with E-state index in [1.54, 1.807) is 18.2 Å². The van der Waals surface area contributed by atoms with E-state index in [4.69, 9.17) is 9.47 Å². The molecule has 1 aliphatic heterocycles. The first kappa shape index (κ1) is 15.4. The fourth-order valence-corrected chi connectivity index (χ4v) is 3.55. The van der Waals surface area contributed by atoms with Gasteiger partial charge in [-0.15, -0.1) is 0 Å². The summed E-state index contributed by atoms with van der Waals surface area (Å²) in [6.07, 6.45) is 1.51. The molecule has 0 radical (unpaired) electrons. The number of ether oxygens (including phenoxy) is 2. The molecule has 1 aliphatic rings. The molecule has 0 aliphatic carbocycles. The number of rotatable bonds is 4. The summed E-state index contributed by atoms with van der Waals surface area (Å²) in [5.41, 5.74) is 0.512. The molecule has 7 heteroatoms. The van der Waals surface area contributed by atoms with Crippen molar-refractivity contribution in [3.05, 3.63) is 29.7 Å². The third kappa shape index (κ3) is 3.18. The van der Waals surface area contributed by atoms with Gasteiger partial charge in [0.1, 0.15) is 11.5 Å². The minimum absolute atomic E-state index is 0.123. The second kappa shape index (κ2) is 5.77. The van der Waals surface area contributed by atoms with Crippen molar-refractivity contribution >= 4 is 21.4 Å². The zero-order valence-corrected chi connectivity index (χ0v) is 12.9. The molecule has 0 fully saturated rings. The van der Waals surface area contributed by atoms with Crippen LogP contribution in [-0.2, 0) is 14.6 Å². The Balaban J connectivity index is 2.45. The fourth-order valence-electron chi connectivity index (χ4n) is 2.29. The van der Waals surface area contributed by atoms with E-state index in [1.165, 1.54) is 32.1 Å². The SMILES string of the molecule is COc1ccc(N(C(C)=O)[C@@H]2C=CS(=O)(=O)C2)c(OC)c1. The van der Waals surface area contributed by atoms with Crippen molar-refractivity contribution in [3.63, 3.8) is 0 Å². The van der Waals surface area contributed by atoms with Crippen molar-refractivity contribution in [2.45, 2.75) is 13.0 Å². The third-order valence-corrected chi connectivity index (χ3v) is 4.61. The van der Waals surface area contributed by atoms with E-state index in [0.717, 1.165) is 5.41 Å². The predicted molar refractivity (Wildman–Crippen MR) is 79.4 cm³/mol. The largest absolute Gasteiger partial charge is 0.497 e. The molecule has 0 spiro atoms. The first-order chi connectivity index (χ1) is 9.88. The Morgan fingerprint density at radius 2 is 2.00 bits per heavy atom. The molecular weight excluding hydrogens is 294 g/mol. The van der Waals surface area contributed by atoms with Crippen LogP contribution in [0, 0.1) is 0 Å². The molecule has 0 unspecified atom stereocenters. The molecular formula is C14H17NO5S. The van der Waals surface area contributed by atoms with Gasteiger partial charge in [-0.25, -0.2) is 8.42 Å². The number of carbonyl (C=O) groups is 1. The highest BCUT2D eigenvalue weighted by Crippen LogP contribution is 2.34. The minimum Gasteiger partial charge on any atom is -0.497 e. The molecule has 1 amide bonds. The molecule has 6 nitrogen and oxygen atoms in total. The lowest BCUT2D eigenvalue weighted by atomic mass is 10.2. The lowest BCUT2D eigenvalue weighted by molar-refractivity contribution is -0.116. The Labute approximate surface area is 123 Å². The molecule has 0 saturated heterocycles. The van der Waals surface area contributed by atoms with Gasteiger partial charge in [0.05, 0.1) is 31.7 Å². The maximum atomic E-state index is 12.0. The number of sulfone groups is 1. The van der Waals surface area contributed by atoms with Crippen LogP contribution in [0.3, 0.4) is 0 Å². The number of amides is 1. The van der Waals surface area contributed by atoms with Crippen LogP contribution in [0.1, 0.15) is 6.92 Å². The quantitative estimate of drug-likeness (QED) is 0.839. The number of hydrogen-bond donors (Lipinski definition) is 0. The zero-order valence-electron chi connectivity index (χ0n) is 12.1. The van der Waals surface area contributed by atoms with Crippen LogP contribution in [0.5, 0.6) is 11.5 Å². The standard InChI is InChI=1S/C14H17NO5S/c1-10(16)15(11-6-7-21(17,18)9-11)13-5-4-12(19-2)8-14(13)20-3/h4-8,11H,9H2,1-3H3/t11-/m1/s1. The van der Waals surface area contributed by atoms with Crippen LogP contribution in [0.25, 0.3) is 0 Å². The first-order valence-corrected chi connectivity index (χ1v) is 8.02. The molecule has 1 heterocycles. The Bertz CT molecular complexity index is 681. The summed E-state index contributed by atoms with van der Waals surface area (Å²) in [6, 6.07) is 4.49. The summed E-state index contributed by atoms with van der Waals surface area (Å²) in [5.74, 6) is 0.656. The van der Waals surface area contributed by atoms with Crippen molar-refractivity contribution in [1.29, 1.82) is 0 Å². The second-order valence-corrected chi connectivity index (χ2v) is 6.58. The van der Waals surface area contributed by atoms with Crippen molar-refractivity contribution in [2.24, 2.45) is 0 Å². The minimum atomic E-state index is -3.25. The lowest BCUT2D eigenvalue weighted by Crippen LogP contribution is -2.40. The Kier molecular flexibility index (Phi) is 4.22. The van der Waals surface area contributed by atoms with Crippen molar-refractivity contribution in [3.8, 4) is 11.5 Å². The van der Waals surface area contributed by atoms with Gasteiger partial charge in [-0.2, -0.15) is 0 Å². The van der Waals surface area contributed by atoms with E-state index in [1.807, 2.05) is 0 Å². The maximum absolute atomic E-state index is 12.0. The summed E-state index contributed by atoms with van der Waals surface area (Å²) in [4.78, 5) is 13.4. The van der Waals surface area contributed by atoms with Crippen LogP contribution >= 0.6 is 0 Å². The highest BCUT2D eigenvalue weighted by molar-refractivity contribution is 7.94. The van der Waals surface area contributed by atoms with Crippen molar-refractivity contribution in [1.82, 2.24) is 0 Å². The molecule has 1 atom stereocenters. The van der Waals surface area contributed by atoms with Gasteiger partial charge in [0.2, 0.25) is 5.91 Å². The van der Waals surface area contributed by atoms with Crippen LogP contribution in [0.2, 0.25) is 0 Å². The molecule has 0 aromatic heterocycles. The smallest absolute Gasteiger partial charge is 0.224 e. The highest BCUT2D eigenvalue weighted by Gasteiger charge is 2.31. The summed E-state index contributed by atoms with van der Waals surface area (Å²) in [5, 5.41) is 1.14. The van der Waals surface area contributed by atoms with E-state index in [2.05, 4.69) is 0 Å². The van der Waals surface area contributed by atoms with Crippen LogP contribution < -0.4 is 14.4 Å². The molecule has 1 aromatic carbocycles. The second-order valence-electron chi connectivity index (χ2n) is 4.65. The normalized spacial score (nSPS) is 19.3. The average Bonchev–Trinajstić information content (AvgIpc) is 2.79. The number of carbonyl (C=O) groups excluding carboxylic acids is 1. The van der Waals surface area contributed by atoms with Gasteiger partial charge in [0.15, 0.2) is 9.84 Å². The average molecular weight is 311 g/mol. The molecule has 21 heavy (non-hydrogen) atoms. The summed E-state index contributed by atoms with van der Waals surface area (Å²) in [7, 11) is -0.239. The third-order valence-electron chi connectivity index (χ3n) is 3.23. The van der Waals surface area contributed by atoms with Gasteiger partial charge >= 0.3 is 0 Å². The van der Waals surface area contributed by atoms with Gasteiger partial charge < -0.3 is 14.4 Å². The highest BCUT2D eigenvalue weighted by atomic mass is 32.2. The monoisotopic (exact) mass is 311 g/mol. The van der Waals surface area contributed by atoms with Crippen molar-refractivity contribution < 1.29 is 22.7 Å². The number of benzene rings is 1. The van der Waals surface area contributed by atoms with Gasteiger partial charge in [0.25, 0.3) is 0 Å². The Hall–Kier alpha value is -2.02. The van der Waals surface area contributed by atoms with Gasteiger partial charge in [0, 0.05) is 18.4 Å². The predicted octanol–water partition coefficient (Wildman–Crippen LogP) is 1.37. The van der Waals surface area contributed by atoms with E-state index in [-0.39, 0.29) is 11.7 Å². The zero-order chi connectivity index (χ0) is 15.6. The summed E-state index contributed by atoms with van der Waals surface area (Å²) >= 11 is 0. The molecule has 1 aromatic rings. The number of anilines is 1. The van der Waals surface area contributed by atoms with E-state index in [0.29, 0.717) is 17.2 Å². The van der Waals surface area contributed by atoms with Crippen molar-refractivity contribution in [2.75, 3.05) is 24.9 Å². The number of nitrogens with zero attached hydrogens (tertiary/aromatic N) is 1. The maximum Gasteiger partial charge on any atom is 0.224 e. The summed E-state index contributed by atoms with van der Waals surface area (Å²) in [6.45, 7) is 1.39. The van der Waals surface area contributed by atoms with Gasteiger partial charge in [-0.05, 0) is 18.2 Å². The summed E-state index contributed by atoms with van der Waals surface area (Å²) < 4.78 is 33.6. The Morgan fingerprint density at radius 3 is 2.48 bits per heavy atom. The van der Waals surface area contributed by atoms with E-state index in [9.17, 15) is 13.2 Å². The lowest BCUT2D eigenvalue weighted by Gasteiger charge is -2.28. The topological polar surface area (TPSA) is 72.9 Å². The van der Waals surface area contributed by atoms with Crippen LogP contribution in [0.15, 0.2) is 29.7 Å². The number of methoxy groups -OCH3 is 2. The fraction of sp³-hybridized carbons (Fsp3) is 0.357. The van der Waals surface area contributed by atoms with Crippen LogP contribution in [-0.4, -0.2) is 40.3 Å². The molecule has 114 valence electrons.